The van der Waals surface area contributed by atoms with E-state index < -0.39 is 0 Å². The first kappa shape index (κ1) is 13.4. The summed E-state index contributed by atoms with van der Waals surface area (Å²) >= 11 is 0. The number of amides is 1. The molecule has 0 aromatic rings. The van der Waals surface area contributed by atoms with E-state index >= 15 is 0 Å². The summed E-state index contributed by atoms with van der Waals surface area (Å²) in [5.41, 5.74) is 4.87. The Balaban J connectivity index is 4.47. The second-order valence-electron chi connectivity index (χ2n) is 3.65. The van der Waals surface area contributed by atoms with E-state index in [0.29, 0.717) is 6.42 Å². The smallest absolute Gasteiger partial charge is 0.234 e. The predicted octanol–water partition coefficient (Wildman–Crippen LogP) is 0.391. The summed E-state index contributed by atoms with van der Waals surface area (Å²) in [5, 5.41) is 12.4. The number of hydrogen-bond acceptors (Lipinski definition) is 3. The molecule has 0 spiro atoms. The van der Waals surface area contributed by atoms with Crippen LogP contribution < -0.4 is 11.1 Å². The highest BCUT2D eigenvalue weighted by molar-refractivity contribution is 5.79. The van der Waals surface area contributed by atoms with Gasteiger partial charge in [-0.15, -0.1) is 0 Å². The monoisotopic (exact) mass is 202 g/mol. The Morgan fingerprint density at radius 2 is 1.93 bits per heavy atom. The molecule has 4 nitrogen and oxygen atoms in total. The maximum absolute atomic E-state index is 11.0. The molecule has 0 saturated heterocycles. The second kappa shape index (κ2) is 5.98. The number of aliphatic hydroxyl groups is 1. The van der Waals surface area contributed by atoms with Crippen LogP contribution in [0, 0.1) is 0 Å². The fourth-order valence-corrected chi connectivity index (χ4v) is 1.47. The van der Waals surface area contributed by atoms with Gasteiger partial charge < -0.3 is 10.8 Å². The van der Waals surface area contributed by atoms with Crippen molar-refractivity contribution < 1.29 is 9.90 Å². The molecule has 0 bridgehead atoms. The first-order valence-corrected chi connectivity index (χ1v) is 5.23. The zero-order valence-electron chi connectivity index (χ0n) is 9.34. The fourth-order valence-electron chi connectivity index (χ4n) is 1.47. The average Bonchev–Trinajstić information content (AvgIpc) is 2.20. The zero-order valence-corrected chi connectivity index (χ0v) is 9.34. The minimum absolute atomic E-state index is 0.0315. The number of carbonyl (C=O) groups excluding carboxylic acids is 1. The van der Waals surface area contributed by atoms with Gasteiger partial charge in [0.25, 0.3) is 0 Å². The lowest BCUT2D eigenvalue weighted by Gasteiger charge is -2.34. The van der Waals surface area contributed by atoms with Crippen LogP contribution in [0.25, 0.3) is 0 Å². The highest BCUT2D eigenvalue weighted by Gasteiger charge is 2.29. The molecule has 1 unspecified atom stereocenters. The summed E-state index contributed by atoms with van der Waals surface area (Å²) in [6.45, 7) is 5.90. The van der Waals surface area contributed by atoms with Crippen LogP contribution in [-0.4, -0.2) is 29.2 Å². The molecule has 14 heavy (non-hydrogen) atoms. The molecule has 0 aliphatic rings. The predicted molar refractivity (Wildman–Crippen MR) is 56.8 cm³/mol. The van der Waals surface area contributed by atoms with Gasteiger partial charge in [-0.25, -0.2) is 0 Å². The Kier molecular flexibility index (Phi) is 5.72. The lowest BCUT2D eigenvalue weighted by molar-refractivity contribution is -0.120. The molecular formula is C10H22N2O2. The average molecular weight is 202 g/mol. The van der Waals surface area contributed by atoms with Gasteiger partial charge in [0.1, 0.15) is 0 Å². The molecule has 1 amide bonds. The molecule has 0 fully saturated rings. The third-order valence-corrected chi connectivity index (χ3v) is 2.89. The number of aliphatic hydroxyl groups excluding tert-OH is 1. The Labute approximate surface area is 85.9 Å². The Morgan fingerprint density at radius 1 is 1.43 bits per heavy atom. The summed E-state index contributed by atoms with van der Waals surface area (Å²) in [6, 6.07) is -0.345. The SMILES string of the molecule is CCC(NC(CC)(CC)CO)C(N)=O. The van der Waals surface area contributed by atoms with Gasteiger partial charge in [0.2, 0.25) is 5.91 Å². The van der Waals surface area contributed by atoms with E-state index in [1.807, 2.05) is 20.8 Å². The van der Waals surface area contributed by atoms with E-state index in [1.54, 1.807) is 0 Å². The number of nitrogens with two attached hydrogens (primary N) is 1. The van der Waals surface area contributed by atoms with Crippen molar-refractivity contribution in [1.29, 1.82) is 0 Å². The molecule has 0 aliphatic carbocycles. The second-order valence-corrected chi connectivity index (χ2v) is 3.65. The molecule has 4 N–H and O–H groups in total. The van der Waals surface area contributed by atoms with Crippen LogP contribution in [0.15, 0.2) is 0 Å². The first-order valence-electron chi connectivity index (χ1n) is 5.23. The molecule has 0 aromatic carbocycles. The van der Waals surface area contributed by atoms with Crippen molar-refractivity contribution >= 4 is 5.91 Å². The van der Waals surface area contributed by atoms with Crippen molar-refractivity contribution in [3.05, 3.63) is 0 Å². The largest absolute Gasteiger partial charge is 0.394 e. The van der Waals surface area contributed by atoms with E-state index in [1.165, 1.54) is 0 Å². The molecule has 1 atom stereocenters. The van der Waals surface area contributed by atoms with E-state index in [-0.39, 0.29) is 24.1 Å². The van der Waals surface area contributed by atoms with Gasteiger partial charge in [-0.05, 0) is 19.3 Å². The van der Waals surface area contributed by atoms with Crippen LogP contribution in [0.3, 0.4) is 0 Å². The van der Waals surface area contributed by atoms with Gasteiger partial charge >= 0.3 is 0 Å². The first-order chi connectivity index (χ1) is 6.55. The van der Waals surface area contributed by atoms with Gasteiger partial charge in [0, 0.05) is 5.54 Å². The minimum Gasteiger partial charge on any atom is -0.394 e. The normalized spacial score (nSPS) is 14.0. The van der Waals surface area contributed by atoms with Crippen molar-refractivity contribution in [2.24, 2.45) is 5.73 Å². The van der Waals surface area contributed by atoms with Crippen LogP contribution in [0.5, 0.6) is 0 Å². The zero-order chi connectivity index (χ0) is 11.2. The summed E-state index contributed by atoms with van der Waals surface area (Å²) in [7, 11) is 0. The number of hydrogen-bond donors (Lipinski definition) is 3. The number of rotatable bonds is 7. The molecule has 0 aromatic heterocycles. The third kappa shape index (κ3) is 3.27. The quantitative estimate of drug-likeness (QED) is 0.559. The van der Waals surface area contributed by atoms with E-state index in [2.05, 4.69) is 5.32 Å². The number of nitrogens with one attached hydrogen (secondary N) is 1. The van der Waals surface area contributed by atoms with Gasteiger partial charge in [-0.1, -0.05) is 20.8 Å². The summed E-state index contributed by atoms with van der Waals surface area (Å²) in [6.07, 6.45) is 2.21. The molecule has 0 radical (unpaired) electrons. The molecule has 0 rings (SSSR count). The molecule has 84 valence electrons. The number of primary amides is 1. The van der Waals surface area contributed by atoms with Gasteiger partial charge in [0.05, 0.1) is 12.6 Å². The van der Waals surface area contributed by atoms with Crippen molar-refractivity contribution in [1.82, 2.24) is 5.32 Å². The topological polar surface area (TPSA) is 75.3 Å². The Morgan fingerprint density at radius 3 is 2.14 bits per heavy atom. The number of carbonyl (C=O) groups is 1. The standard InChI is InChI=1S/C10H22N2O2/c1-4-8(9(11)14)12-10(5-2,6-3)7-13/h8,12-13H,4-7H2,1-3H3,(H2,11,14). The molecule has 0 aliphatic heterocycles. The van der Waals surface area contributed by atoms with E-state index in [9.17, 15) is 9.90 Å². The van der Waals surface area contributed by atoms with Crippen molar-refractivity contribution in [3.63, 3.8) is 0 Å². The van der Waals surface area contributed by atoms with Crippen molar-refractivity contribution in [3.8, 4) is 0 Å². The van der Waals surface area contributed by atoms with Gasteiger partial charge in [-0.3, -0.25) is 10.1 Å². The van der Waals surface area contributed by atoms with E-state index in [4.69, 9.17) is 5.73 Å². The molecular weight excluding hydrogens is 180 g/mol. The Hall–Kier alpha value is -0.610. The van der Waals surface area contributed by atoms with Gasteiger partial charge in [0.15, 0.2) is 0 Å². The maximum Gasteiger partial charge on any atom is 0.234 e. The molecule has 4 heteroatoms. The highest BCUT2D eigenvalue weighted by Crippen LogP contribution is 2.15. The van der Waals surface area contributed by atoms with Gasteiger partial charge in [-0.2, -0.15) is 0 Å². The fraction of sp³-hybridized carbons (Fsp3) is 0.900. The van der Waals surface area contributed by atoms with Crippen LogP contribution in [-0.2, 0) is 4.79 Å². The lowest BCUT2D eigenvalue weighted by Crippen LogP contribution is -2.56. The highest BCUT2D eigenvalue weighted by atomic mass is 16.3. The van der Waals surface area contributed by atoms with Crippen LogP contribution in [0.2, 0.25) is 0 Å². The summed E-state index contributed by atoms with van der Waals surface area (Å²) in [5.74, 6) is -0.354. The minimum atomic E-state index is -0.365. The van der Waals surface area contributed by atoms with Crippen molar-refractivity contribution in [2.75, 3.05) is 6.61 Å². The third-order valence-electron chi connectivity index (χ3n) is 2.89. The molecule has 0 saturated carbocycles. The maximum atomic E-state index is 11.0. The van der Waals surface area contributed by atoms with Crippen LogP contribution >= 0.6 is 0 Å². The van der Waals surface area contributed by atoms with E-state index in [0.717, 1.165) is 12.8 Å². The van der Waals surface area contributed by atoms with Crippen LogP contribution in [0.4, 0.5) is 0 Å². The van der Waals surface area contributed by atoms with Crippen LogP contribution in [0.1, 0.15) is 40.0 Å². The molecule has 0 heterocycles. The summed E-state index contributed by atoms with van der Waals surface area (Å²) in [4.78, 5) is 11.0. The lowest BCUT2D eigenvalue weighted by atomic mass is 9.92. The van der Waals surface area contributed by atoms with Crippen molar-refractivity contribution in [2.45, 2.75) is 51.6 Å². The Bertz CT molecular complexity index is 171. The summed E-state index contributed by atoms with van der Waals surface area (Å²) < 4.78 is 0.